The molecule has 29 heavy (non-hydrogen) atoms. The van der Waals surface area contributed by atoms with E-state index in [-0.39, 0.29) is 17.9 Å². The number of aliphatic imine (C=N–C) groups is 1. The van der Waals surface area contributed by atoms with Gasteiger partial charge in [-0.2, -0.15) is 0 Å². The fourth-order valence-electron chi connectivity index (χ4n) is 7.08. The summed E-state index contributed by atoms with van der Waals surface area (Å²) in [6, 6.07) is 0. The first kappa shape index (κ1) is 20.8. The Hall–Kier alpha value is -1.48. The third kappa shape index (κ3) is 3.30. The zero-order chi connectivity index (χ0) is 19.6. The van der Waals surface area contributed by atoms with Gasteiger partial charge < -0.3 is 9.97 Å². The molecule has 4 heteroatoms. The molecule has 0 amide bonds. The molecule has 4 bridgehead atoms. The van der Waals surface area contributed by atoms with Crippen LogP contribution in [0.3, 0.4) is 0 Å². The highest BCUT2D eigenvalue weighted by atomic mass is 35.5. The summed E-state index contributed by atoms with van der Waals surface area (Å²) in [5.74, 6) is 2.84. The Kier molecular flexibility index (Phi) is 5.26. The molecule has 2 aromatic rings. The summed E-state index contributed by atoms with van der Waals surface area (Å²) in [6.07, 6.45) is 11.7. The number of H-pyrrole nitrogens is 2. The lowest BCUT2D eigenvalue weighted by molar-refractivity contribution is 0.00194. The first-order valence-corrected chi connectivity index (χ1v) is 11.3. The molecular weight excluding hydrogens is 378 g/mol. The number of aromatic amines is 2. The van der Waals surface area contributed by atoms with Crippen molar-refractivity contribution in [1.82, 2.24) is 9.97 Å². The summed E-state index contributed by atoms with van der Waals surface area (Å²) in [6.45, 7) is 11.2. The molecule has 0 aromatic carbocycles. The number of aryl methyl sites for hydroxylation is 1. The highest BCUT2D eigenvalue weighted by Gasteiger charge is 2.50. The third-order valence-electron chi connectivity index (χ3n) is 8.27. The number of hydrogen-bond donors (Lipinski definition) is 2. The van der Waals surface area contributed by atoms with Crippen LogP contribution in [0.1, 0.15) is 79.1 Å². The lowest BCUT2D eigenvalue weighted by Gasteiger charge is -2.54. The van der Waals surface area contributed by atoms with Gasteiger partial charge in [-0.3, -0.25) is 4.99 Å². The van der Waals surface area contributed by atoms with Crippen LogP contribution in [0.4, 0.5) is 0 Å². The van der Waals surface area contributed by atoms with Crippen molar-refractivity contribution in [3.63, 3.8) is 0 Å². The molecule has 158 valence electrons. The quantitative estimate of drug-likeness (QED) is 0.529. The standard InChI is InChI=1S/C25H35N3.ClH/c1-6-21-16(4)24(27-17(21)5)23-15(3)14(2)22(28-23)13-26-25-10-18-7-19(11-25)9-20(8-18)12-25;/h13,18-20,27-28H,6-12H2,1-5H3;1H. The van der Waals surface area contributed by atoms with Crippen molar-refractivity contribution in [1.29, 1.82) is 0 Å². The largest absolute Gasteiger partial charge is 0.357 e. The summed E-state index contributed by atoms with van der Waals surface area (Å²) in [4.78, 5) is 12.6. The maximum Gasteiger partial charge on any atom is 0.0659 e. The van der Waals surface area contributed by atoms with Crippen LogP contribution in [0.15, 0.2) is 4.99 Å². The molecule has 2 aromatic heterocycles. The predicted octanol–water partition coefficient (Wildman–Crippen LogP) is 6.62. The van der Waals surface area contributed by atoms with Crippen molar-refractivity contribution in [2.45, 2.75) is 85.1 Å². The van der Waals surface area contributed by atoms with E-state index >= 15 is 0 Å². The highest BCUT2D eigenvalue weighted by molar-refractivity contribution is 5.85. The molecule has 0 saturated heterocycles. The van der Waals surface area contributed by atoms with Gasteiger partial charge in [0.2, 0.25) is 0 Å². The molecule has 6 rings (SSSR count). The summed E-state index contributed by atoms with van der Waals surface area (Å²) in [5.41, 5.74) is 10.8. The van der Waals surface area contributed by atoms with E-state index in [1.54, 1.807) is 0 Å². The van der Waals surface area contributed by atoms with Crippen LogP contribution in [-0.4, -0.2) is 21.7 Å². The number of nitrogens with zero attached hydrogens (tertiary/aromatic N) is 1. The molecule has 2 heterocycles. The number of nitrogens with one attached hydrogen (secondary N) is 2. The van der Waals surface area contributed by atoms with Crippen LogP contribution in [0.5, 0.6) is 0 Å². The van der Waals surface area contributed by atoms with Gasteiger partial charge in [0.05, 0.1) is 22.6 Å². The summed E-state index contributed by atoms with van der Waals surface area (Å²) in [5, 5.41) is 0. The van der Waals surface area contributed by atoms with Crippen LogP contribution < -0.4 is 0 Å². The number of rotatable bonds is 4. The van der Waals surface area contributed by atoms with E-state index < -0.39 is 0 Å². The van der Waals surface area contributed by atoms with E-state index in [1.165, 1.54) is 83.6 Å². The first-order chi connectivity index (χ1) is 13.4. The molecule has 4 aliphatic rings. The fourth-order valence-corrected chi connectivity index (χ4v) is 7.08. The molecule has 0 unspecified atom stereocenters. The lowest BCUT2D eigenvalue weighted by Crippen LogP contribution is -2.49. The average Bonchev–Trinajstić information content (AvgIpc) is 3.08. The Morgan fingerprint density at radius 3 is 1.93 bits per heavy atom. The third-order valence-corrected chi connectivity index (χ3v) is 8.27. The molecular formula is C25H36ClN3. The van der Waals surface area contributed by atoms with Gasteiger partial charge in [0.1, 0.15) is 0 Å². The Labute approximate surface area is 181 Å². The molecule has 4 aliphatic carbocycles. The Bertz CT molecular complexity index is 911. The van der Waals surface area contributed by atoms with Gasteiger partial charge in [-0.1, -0.05) is 6.92 Å². The van der Waals surface area contributed by atoms with Crippen molar-refractivity contribution in [3.8, 4) is 11.4 Å². The monoisotopic (exact) mass is 413 g/mol. The minimum Gasteiger partial charge on any atom is -0.357 e. The van der Waals surface area contributed by atoms with E-state index in [0.717, 1.165) is 24.2 Å². The maximum absolute atomic E-state index is 5.29. The van der Waals surface area contributed by atoms with Crippen molar-refractivity contribution in [2.24, 2.45) is 22.7 Å². The van der Waals surface area contributed by atoms with E-state index in [2.05, 4.69) is 50.8 Å². The Balaban J connectivity index is 0.00000205. The van der Waals surface area contributed by atoms with Crippen LogP contribution in [0.2, 0.25) is 0 Å². The second-order valence-electron chi connectivity index (χ2n) is 10.1. The normalized spacial score (nSPS) is 30.3. The number of aromatic nitrogens is 2. The molecule has 4 saturated carbocycles. The van der Waals surface area contributed by atoms with Crippen LogP contribution in [0, 0.1) is 45.4 Å². The lowest BCUT2D eigenvalue weighted by atomic mass is 9.53. The summed E-state index contributed by atoms with van der Waals surface area (Å²) >= 11 is 0. The topological polar surface area (TPSA) is 43.9 Å². The average molecular weight is 414 g/mol. The van der Waals surface area contributed by atoms with E-state index in [0.29, 0.717) is 0 Å². The van der Waals surface area contributed by atoms with Crippen molar-refractivity contribution in [2.75, 3.05) is 0 Å². The molecule has 0 spiro atoms. The zero-order valence-electron chi connectivity index (χ0n) is 18.6. The molecule has 3 nitrogen and oxygen atoms in total. The molecule has 0 atom stereocenters. The summed E-state index contributed by atoms with van der Waals surface area (Å²) in [7, 11) is 0. The van der Waals surface area contributed by atoms with Gasteiger partial charge in [-0.05, 0) is 113 Å². The van der Waals surface area contributed by atoms with Crippen molar-refractivity contribution >= 4 is 18.6 Å². The van der Waals surface area contributed by atoms with E-state index in [1.807, 2.05) is 0 Å². The van der Waals surface area contributed by atoms with Gasteiger partial charge in [0.25, 0.3) is 0 Å². The summed E-state index contributed by atoms with van der Waals surface area (Å²) < 4.78 is 0. The zero-order valence-corrected chi connectivity index (χ0v) is 19.4. The molecule has 4 fully saturated rings. The van der Waals surface area contributed by atoms with Crippen molar-refractivity contribution < 1.29 is 0 Å². The van der Waals surface area contributed by atoms with Gasteiger partial charge in [0.15, 0.2) is 0 Å². The Morgan fingerprint density at radius 2 is 1.41 bits per heavy atom. The minimum atomic E-state index is 0. The molecule has 0 aliphatic heterocycles. The van der Waals surface area contributed by atoms with Gasteiger partial charge in [-0.25, -0.2) is 0 Å². The van der Waals surface area contributed by atoms with Gasteiger partial charge in [0, 0.05) is 11.9 Å². The highest BCUT2D eigenvalue weighted by Crippen LogP contribution is 2.57. The number of hydrogen-bond acceptors (Lipinski definition) is 1. The fraction of sp³-hybridized carbons (Fsp3) is 0.640. The van der Waals surface area contributed by atoms with E-state index in [4.69, 9.17) is 4.99 Å². The minimum absolute atomic E-state index is 0. The number of halogens is 1. The SMILES string of the molecule is CCc1c(C)[nH]c(-c2[nH]c(C=NC34CC5CC(CC(C5)C3)C4)c(C)c2C)c1C.Cl. The Morgan fingerprint density at radius 1 is 0.862 bits per heavy atom. The van der Waals surface area contributed by atoms with Crippen molar-refractivity contribution in [3.05, 3.63) is 33.6 Å². The van der Waals surface area contributed by atoms with Crippen LogP contribution in [0.25, 0.3) is 11.4 Å². The van der Waals surface area contributed by atoms with Crippen LogP contribution in [-0.2, 0) is 6.42 Å². The second-order valence-corrected chi connectivity index (χ2v) is 10.1. The smallest absolute Gasteiger partial charge is 0.0659 e. The predicted molar refractivity (Wildman–Crippen MR) is 125 cm³/mol. The molecule has 0 radical (unpaired) electrons. The maximum atomic E-state index is 5.29. The first-order valence-electron chi connectivity index (χ1n) is 11.3. The molecule has 2 N–H and O–H groups in total. The van der Waals surface area contributed by atoms with Crippen LogP contribution >= 0.6 is 12.4 Å². The van der Waals surface area contributed by atoms with Gasteiger partial charge in [-0.15, -0.1) is 12.4 Å². The second kappa shape index (κ2) is 7.34. The van der Waals surface area contributed by atoms with E-state index in [9.17, 15) is 0 Å². The van der Waals surface area contributed by atoms with Gasteiger partial charge >= 0.3 is 0 Å².